The first-order valence-electron chi connectivity index (χ1n) is 7.32. The van der Waals surface area contributed by atoms with E-state index in [0.29, 0.717) is 31.0 Å². The molecular formula is C16H19N3O2. The van der Waals surface area contributed by atoms with E-state index in [1.54, 1.807) is 11.9 Å². The summed E-state index contributed by atoms with van der Waals surface area (Å²) < 4.78 is 0. The van der Waals surface area contributed by atoms with Crippen LogP contribution in [0.3, 0.4) is 0 Å². The number of hydrazone groups is 1. The van der Waals surface area contributed by atoms with Crippen LogP contribution >= 0.6 is 0 Å². The summed E-state index contributed by atoms with van der Waals surface area (Å²) in [7, 11) is 1.60. The van der Waals surface area contributed by atoms with Crippen molar-refractivity contribution in [3.8, 4) is 0 Å². The highest BCUT2D eigenvalue weighted by Crippen LogP contribution is 2.35. The predicted octanol–water partition coefficient (Wildman–Crippen LogP) is 2.13. The molecule has 0 aliphatic carbocycles. The van der Waals surface area contributed by atoms with Gasteiger partial charge in [-0.25, -0.2) is 5.01 Å². The van der Waals surface area contributed by atoms with Crippen molar-refractivity contribution in [2.75, 3.05) is 18.5 Å². The number of hydrogen-bond acceptors (Lipinski definition) is 3. The summed E-state index contributed by atoms with van der Waals surface area (Å²) in [5, 5.41) is 5.41. The number of para-hydroxylation sites is 1. The number of rotatable bonds is 1. The second kappa shape index (κ2) is 5.31. The molecule has 0 saturated carbocycles. The maximum Gasteiger partial charge on any atom is 0.274 e. The number of benzene rings is 1. The van der Waals surface area contributed by atoms with Crippen molar-refractivity contribution in [1.29, 1.82) is 0 Å². The van der Waals surface area contributed by atoms with Crippen molar-refractivity contribution in [2.24, 2.45) is 5.10 Å². The molecule has 1 aromatic rings. The third kappa shape index (κ3) is 2.44. The maximum atomic E-state index is 12.7. The molecule has 0 fully saturated rings. The lowest BCUT2D eigenvalue weighted by Crippen LogP contribution is -2.43. The summed E-state index contributed by atoms with van der Waals surface area (Å²) in [6.45, 7) is 2.89. The van der Waals surface area contributed by atoms with Crippen LogP contribution in [0, 0.1) is 0 Å². The molecular weight excluding hydrogens is 266 g/mol. The van der Waals surface area contributed by atoms with E-state index in [1.165, 1.54) is 10.6 Å². The lowest BCUT2D eigenvalue weighted by atomic mass is 9.91. The molecule has 2 aliphatic heterocycles. The van der Waals surface area contributed by atoms with Crippen molar-refractivity contribution < 1.29 is 9.59 Å². The normalized spacial score (nSPS) is 21.9. The summed E-state index contributed by atoms with van der Waals surface area (Å²) >= 11 is 0. The number of fused-ring (bicyclic) bond motifs is 1. The summed E-state index contributed by atoms with van der Waals surface area (Å²) in [4.78, 5) is 26.0. The summed E-state index contributed by atoms with van der Waals surface area (Å²) in [5.74, 6) is 0.343. The number of carbonyl (C=O) groups is 2. The van der Waals surface area contributed by atoms with E-state index in [2.05, 4.69) is 18.1 Å². The fourth-order valence-electron chi connectivity index (χ4n) is 2.94. The second-order valence-corrected chi connectivity index (χ2v) is 5.67. The Morgan fingerprint density at radius 1 is 1.29 bits per heavy atom. The van der Waals surface area contributed by atoms with E-state index in [9.17, 15) is 9.59 Å². The zero-order valence-electron chi connectivity index (χ0n) is 12.4. The SMILES string of the molecule is C[C@@H]1CCN(C(=O)C2=NN(C)C(=O)CC2)c2ccccc21. The molecule has 0 spiro atoms. The molecule has 5 nitrogen and oxygen atoms in total. The Morgan fingerprint density at radius 2 is 2.05 bits per heavy atom. The first-order chi connectivity index (χ1) is 10.1. The van der Waals surface area contributed by atoms with E-state index >= 15 is 0 Å². The molecule has 21 heavy (non-hydrogen) atoms. The second-order valence-electron chi connectivity index (χ2n) is 5.67. The molecule has 0 saturated heterocycles. The zero-order valence-corrected chi connectivity index (χ0v) is 12.4. The Bertz CT molecular complexity index is 624. The van der Waals surface area contributed by atoms with Crippen LogP contribution < -0.4 is 4.90 Å². The molecule has 3 rings (SSSR count). The summed E-state index contributed by atoms with van der Waals surface area (Å²) in [6.07, 6.45) is 1.73. The molecule has 1 atom stereocenters. The number of amides is 2. The Kier molecular flexibility index (Phi) is 3.49. The molecule has 0 bridgehead atoms. The van der Waals surface area contributed by atoms with Crippen molar-refractivity contribution in [2.45, 2.75) is 32.1 Å². The van der Waals surface area contributed by atoms with Gasteiger partial charge in [0.25, 0.3) is 5.91 Å². The van der Waals surface area contributed by atoms with Crippen LogP contribution in [0.1, 0.15) is 37.7 Å². The Morgan fingerprint density at radius 3 is 2.81 bits per heavy atom. The first-order valence-corrected chi connectivity index (χ1v) is 7.32. The van der Waals surface area contributed by atoms with Crippen molar-refractivity contribution >= 4 is 23.2 Å². The third-order valence-corrected chi connectivity index (χ3v) is 4.24. The van der Waals surface area contributed by atoms with Crippen molar-refractivity contribution in [3.63, 3.8) is 0 Å². The Hall–Kier alpha value is -2.17. The molecule has 1 aromatic carbocycles. The molecule has 2 amide bonds. The lowest BCUT2D eigenvalue weighted by molar-refractivity contribution is -0.130. The van der Waals surface area contributed by atoms with Crippen LogP contribution in [0.4, 0.5) is 5.69 Å². The average molecular weight is 285 g/mol. The molecule has 110 valence electrons. The Balaban J connectivity index is 1.91. The number of hydrogen-bond donors (Lipinski definition) is 0. The van der Waals surface area contributed by atoms with Gasteiger partial charge in [-0.15, -0.1) is 0 Å². The van der Waals surface area contributed by atoms with E-state index < -0.39 is 0 Å². The molecule has 2 heterocycles. The zero-order chi connectivity index (χ0) is 15.0. The molecule has 0 radical (unpaired) electrons. The topological polar surface area (TPSA) is 53.0 Å². The quantitative estimate of drug-likeness (QED) is 0.793. The van der Waals surface area contributed by atoms with Gasteiger partial charge in [-0.05, 0) is 24.0 Å². The van der Waals surface area contributed by atoms with E-state index in [1.807, 2.05) is 18.2 Å². The van der Waals surface area contributed by atoms with Gasteiger partial charge in [-0.3, -0.25) is 9.59 Å². The number of nitrogens with zero attached hydrogens (tertiary/aromatic N) is 3. The van der Waals surface area contributed by atoms with Crippen LogP contribution in [0.2, 0.25) is 0 Å². The predicted molar refractivity (Wildman–Crippen MR) is 81.3 cm³/mol. The standard InChI is InChI=1S/C16H19N3O2/c1-11-9-10-19(14-6-4-3-5-12(11)14)16(21)13-7-8-15(20)18(2)17-13/h3-6,11H,7-10H2,1-2H3/t11-/m1/s1. The number of carbonyl (C=O) groups excluding carboxylic acids is 2. The van der Waals surface area contributed by atoms with E-state index in [4.69, 9.17) is 0 Å². The van der Waals surface area contributed by atoms with Gasteiger partial charge in [-0.1, -0.05) is 25.1 Å². The molecule has 0 aromatic heterocycles. The van der Waals surface area contributed by atoms with Crippen LogP contribution in [0.15, 0.2) is 29.4 Å². The minimum Gasteiger partial charge on any atom is -0.307 e. The maximum absolute atomic E-state index is 12.7. The van der Waals surface area contributed by atoms with Gasteiger partial charge in [0.15, 0.2) is 0 Å². The van der Waals surface area contributed by atoms with Gasteiger partial charge in [0.1, 0.15) is 5.71 Å². The largest absolute Gasteiger partial charge is 0.307 e. The smallest absolute Gasteiger partial charge is 0.274 e. The molecule has 5 heteroatoms. The minimum absolute atomic E-state index is 0.0424. The van der Waals surface area contributed by atoms with Crippen molar-refractivity contribution in [3.05, 3.63) is 29.8 Å². The molecule has 0 N–H and O–H groups in total. The van der Waals surface area contributed by atoms with Crippen LogP contribution in [-0.2, 0) is 9.59 Å². The lowest BCUT2D eigenvalue weighted by Gasteiger charge is -2.33. The summed E-state index contributed by atoms with van der Waals surface area (Å²) in [5.41, 5.74) is 2.66. The third-order valence-electron chi connectivity index (χ3n) is 4.24. The van der Waals surface area contributed by atoms with E-state index in [0.717, 1.165) is 12.1 Å². The molecule has 0 unspecified atom stereocenters. The highest BCUT2D eigenvalue weighted by Gasteiger charge is 2.31. The highest BCUT2D eigenvalue weighted by molar-refractivity contribution is 6.44. The van der Waals surface area contributed by atoms with Gasteiger partial charge in [0, 0.05) is 32.1 Å². The van der Waals surface area contributed by atoms with Gasteiger partial charge in [0.2, 0.25) is 5.91 Å². The van der Waals surface area contributed by atoms with E-state index in [-0.39, 0.29) is 11.8 Å². The average Bonchev–Trinajstić information content (AvgIpc) is 2.50. The molecule has 2 aliphatic rings. The van der Waals surface area contributed by atoms with Gasteiger partial charge in [-0.2, -0.15) is 5.10 Å². The fraction of sp³-hybridized carbons (Fsp3) is 0.438. The van der Waals surface area contributed by atoms with Crippen LogP contribution in [0.25, 0.3) is 0 Å². The highest BCUT2D eigenvalue weighted by atomic mass is 16.2. The first kappa shape index (κ1) is 13.8. The van der Waals surface area contributed by atoms with Gasteiger partial charge >= 0.3 is 0 Å². The minimum atomic E-state index is -0.0753. The summed E-state index contributed by atoms with van der Waals surface area (Å²) in [6, 6.07) is 8.03. The monoisotopic (exact) mass is 285 g/mol. The van der Waals surface area contributed by atoms with Crippen LogP contribution in [0.5, 0.6) is 0 Å². The fourth-order valence-corrected chi connectivity index (χ4v) is 2.94. The Labute approximate surface area is 124 Å². The van der Waals surface area contributed by atoms with Gasteiger partial charge in [0.05, 0.1) is 0 Å². The van der Waals surface area contributed by atoms with Gasteiger partial charge < -0.3 is 4.90 Å². The van der Waals surface area contributed by atoms with Crippen LogP contribution in [-0.4, -0.2) is 36.1 Å². The van der Waals surface area contributed by atoms with Crippen molar-refractivity contribution in [1.82, 2.24) is 5.01 Å². The number of anilines is 1.